The standard InChI is InChI=1S/C22H25N5O2S/c1-26(2)19-10-4-16(5-11-19)14-24-21(29)17-6-8-18(9-7-17)25-20(28)15-30-22-23-12-13-27(22)3/h4-13H,14-15H2,1-3H3,(H,24,29)(H,25,28). The highest BCUT2D eigenvalue weighted by molar-refractivity contribution is 7.99. The van der Waals surface area contributed by atoms with E-state index in [-0.39, 0.29) is 17.6 Å². The van der Waals surface area contributed by atoms with Crippen LogP contribution in [-0.4, -0.2) is 41.2 Å². The summed E-state index contributed by atoms with van der Waals surface area (Å²) in [5, 5.41) is 6.53. The molecule has 0 spiro atoms. The van der Waals surface area contributed by atoms with E-state index in [1.807, 2.05) is 61.1 Å². The zero-order valence-corrected chi connectivity index (χ0v) is 18.1. The average molecular weight is 424 g/mol. The molecular weight excluding hydrogens is 398 g/mol. The molecule has 0 bridgehead atoms. The van der Waals surface area contributed by atoms with Crippen molar-refractivity contribution in [3.05, 3.63) is 72.1 Å². The number of hydrogen-bond acceptors (Lipinski definition) is 5. The van der Waals surface area contributed by atoms with Crippen molar-refractivity contribution in [1.29, 1.82) is 0 Å². The molecule has 0 aliphatic rings. The Hall–Kier alpha value is -3.26. The summed E-state index contributed by atoms with van der Waals surface area (Å²) in [6.45, 7) is 0.454. The van der Waals surface area contributed by atoms with Gasteiger partial charge < -0.3 is 20.1 Å². The molecule has 7 nitrogen and oxygen atoms in total. The van der Waals surface area contributed by atoms with Crippen molar-refractivity contribution in [3.63, 3.8) is 0 Å². The molecule has 2 amide bonds. The van der Waals surface area contributed by atoms with Crippen LogP contribution in [0.5, 0.6) is 0 Å². The highest BCUT2D eigenvalue weighted by Gasteiger charge is 2.09. The first kappa shape index (κ1) is 21.4. The van der Waals surface area contributed by atoms with E-state index in [9.17, 15) is 9.59 Å². The molecule has 0 saturated carbocycles. The van der Waals surface area contributed by atoms with Crippen LogP contribution in [0.3, 0.4) is 0 Å². The van der Waals surface area contributed by atoms with Crippen LogP contribution in [0, 0.1) is 0 Å². The van der Waals surface area contributed by atoms with E-state index in [0.717, 1.165) is 16.4 Å². The van der Waals surface area contributed by atoms with Gasteiger partial charge in [0.25, 0.3) is 5.91 Å². The summed E-state index contributed by atoms with van der Waals surface area (Å²) in [6, 6.07) is 14.9. The second kappa shape index (κ2) is 9.98. The van der Waals surface area contributed by atoms with Crippen LogP contribution in [0.4, 0.5) is 11.4 Å². The summed E-state index contributed by atoms with van der Waals surface area (Å²) in [4.78, 5) is 30.7. The summed E-state index contributed by atoms with van der Waals surface area (Å²) >= 11 is 1.37. The third kappa shape index (κ3) is 5.87. The first-order valence-corrected chi connectivity index (χ1v) is 10.5. The third-order valence-electron chi connectivity index (χ3n) is 4.45. The fraction of sp³-hybridized carbons (Fsp3) is 0.227. The van der Waals surface area contributed by atoms with Gasteiger partial charge >= 0.3 is 0 Å². The SMILES string of the molecule is CN(C)c1ccc(CNC(=O)c2ccc(NC(=O)CSc3nccn3C)cc2)cc1. The molecule has 156 valence electrons. The van der Waals surface area contributed by atoms with Crippen molar-refractivity contribution in [3.8, 4) is 0 Å². The molecule has 2 aromatic carbocycles. The minimum absolute atomic E-state index is 0.124. The van der Waals surface area contributed by atoms with Crippen LogP contribution in [0.15, 0.2) is 66.1 Å². The van der Waals surface area contributed by atoms with Crippen molar-refractivity contribution in [1.82, 2.24) is 14.9 Å². The van der Waals surface area contributed by atoms with Crippen molar-refractivity contribution in [2.75, 3.05) is 30.1 Å². The fourth-order valence-electron chi connectivity index (χ4n) is 2.72. The maximum absolute atomic E-state index is 12.4. The van der Waals surface area contributed by atoms with Gasteiger partial charge in [-0.15, -0.1) is 0 Å². The van der Waals surface area contributed by atoms with E-state index in [0.29, 0.717) is 17.8 Å². The monoisotopic (exact) mass is 423 g/mol. The van der Waals surface area contributed by atoms with Crippen molar-refractivity contribution >= 4 is 35.0 Å². The number of nitrogens with zero attached hydrogens (tertiary/aromatic N) is 3. The Balaban J connectivity index is 1.47. The average Bonchev–Trinajstić information content (AvgIpc) is 3.16. The molecule has 1 heterocycles. The predicted octanol–water partition coefficient (Wildman–Crippen LogP) is 3.15. The van der Waals surface area contributed by atoms with E-state index in [4.69, 9.17) is 0 Å². The van der Waals surface area contributed by atoms with Gasteiger partial charge in [-0.1, -0.05) is 23.9 Å². The van der Waals surface area contributed by atoms with Gasteiger partial charge in [0.2, 0.25) is 5.91 Å². The highest BCUT2D eigenvalue weighted by Crippen LogP contribution is 2.16. The first-order valence-electron chi connectivity index (χ1n) is 9.47. The van der Waals surface area contributed by atoms with Crippen LogP contribution in [0.1, 0.15) is 15.9 Å². The summed E-state index contributed by atoms with van der Waals surface area (Å²) in [6.07, 6.45) is 3.53. The van der Waals surface area contributed by atoms with Crippen LogP contribution in [0.25, 0.3) is 0 Å². The summed E-state index contributed by atoms with van der Waals surface area (Å²) in [5.74, 6) is -0.0176. The van der Waals surface area contributed by atoms with E-state index < -0.39 is 0 Å². The van der Waals surface area contributed by atoms with E-state index in [1.165, 1.54) is 11.8 Å². The summed E-state index contributed by atoms with van der Waals surface area (Å²) in [7, 11) is 5.86. The smallest absolute Gasteiger partial charge is 0.251 e. The lowest BCUT2D eigenvalue weighted by molar-refractivity contribution is -0.113. The fourth-order valence-corrected chi connectivity index (χ4v) is 3.45. The van der Waals surface area contributed by atoms with Gasteiger partial charge in [-0.05, 0) is 42.0 Å². The second-order valence-electron chi connectivity index (χ2n) is 6.98. The minimum Gasteiger partial charge on any atom is -0.378 e. The molecule has 1 aromatic heterocycles. The quantitative estimate of drug-likeness (QED) is 0.544. The lowest BCUT2D eigenvalue weighted by Crippen LogP contribution is -2.23. The number of nitrogens with one attached hydrogen (secondary N) is 2. The number of anilines is 2. The zero-order valence-electron chi connectivity index (χ0n) is 17.3. The van der Waals surface area contributed by atoms with Crippen molar-refractivity contribution in [2.45, 2.75) is 11.7 Å². The molecule has 8 heteroatoms. The van der Waals surface area contributed by atoms with Crippen LogP contribution in [-0.2, 0) is 18.4 Å². The Morgan fingerprint density at radius 1 is 1.07 bits per heavy atom. The molecule has 0 radical (unpaired) electrons. The number of carbonyl (C=O) groups is 2. The van der Waals surface area contributed by atoms with Gasteiger partial charge in [-0.3, -0.25) is 9.59 Å². The van der Waals surface area contributed by atoms with Gasteiger partial charge in [0.15, 0.2) is 5.16 Å². The van der Waals surface area contributed by atoms with Gasteiger partial charge in [-0.25, -0.2) is 4.98 Å². The Bertz CT molecular complexity index is 997. The van der Waals surface area contributed by atoms with Crippen molar-refractivity contribution in [2.24, 2.45) is 7.05 Å². The Labute approximate surface area is 180 Å². The number of thioether (sulfide) groups is 1. The lowest BCUT2D eigenvalue weighted by atomic mass is 10.1. The predicted molar refractivity (Wildman–Crippen MR) is 121 cm³/mol. The molecule has 0 aliphatic carbocycles. The number of imidazole rings is 1. The Morgan fingerprint density at radius 2 is 1.77 bits per heavy atom. The minimum atomic E-state index is -0.157. The van der Waals surface area contributed by atoms with Crippen LogP contribution in [0.2, 0.25) is 0 Å². The molecule has 30 heavy (non-hydrogen) atoms. The molecule has 0 atom stereocenters. The normalized spacial score (nSPS) is 10.5. The largest absolute Gasteiger partial charge is 0.378 e. The molecule has 0 saturated heterocycles. The topological polar surface area (TPSA) is 79.3 Å². The Morgan fingerprint density at radius 3 is 2.37 bits per heavy atom. The summed E-state index contributed by atoms with van der Waals surface area (Å²) in [5.41, 5.74) is 3.33. The van der Waals surface area contributed by atoms with Gasteiger partial charge in [0.1, 0.15) is 0 Å². The second-order valence-corrected chi connectivity index (χ2v) is 7.92. The lowest BCUT2D eigenvalue weighted by Gasteiger charge is -2.13. The Kier molecular flexibility index (Phi) is 7.13. The number of aryl methyl sites for hydroxylation is 1. The van der Waals surface area contributed by atoms with Gasteiger partial charge in [0.05, 0.1) is 5.75 Å². The molecule has 0 fully saturated rings. The zero-order chi connectivity index (χ0) is 21.5. The van der Waals surface area contributed by atoms with Gasteiger partial charge in [0, 0.05) is 57.0 Å². The molecule has 0 unspecified atom stereocenters. The number of carbonyl (C=O) groups excluding carboxylic acids is 2. The van der Waals surface area contributed by atoms with E-state index in [1.54, 1.807) is 30.5 Å². The highest BCUT2D eigenvalue weighted by atomic mass is 32.2. The van der Waals surface area contributed by atoms with Crippen LogP contribution < -0.4 is 15.5 Å². The molecule has 3 rings (SSSR count). The number of hydrogen-bond donors (Lipinski definition) is 2. The third-order valence-corrected chi connectivity index (χ3v) is 5.50. The van der Waals surface area contributed by atoms with Gasteiger partial charge in [-0.2, -0.15) is 0 Å². The maximum atomic E-state index is 12.4. The number of aromatic nitrogens is 2. The van der Waals surface area contributed by atoms with Crippen LogP contribution >= 0.6 is 11.8 Å². The van der Waals surface area contributed by atoms with E-state index >= 15 is 0 Å². The first-order chi connectivity index (χ1) is 14.4. The number of benzene rings is 2. The van der Waals surface area contributed by atoms with Crippen molar-refractivity contribution < 1.29 is 9.59 Å². The molecule has 0 aliphatic heterocycles. The molecular formula is C22H25N5O2S. The van der Waals surface area contributed by atoms with E-state index in [2.05, 4.69) is 15.6 Å². The molecule has 2 N–H and O–H groups in total. The number of amides is 2. The maximum Gasteiger partial charge on any atom is 0.251 e. The molecule has 3 aromatic rings. The number of rotatable bonds is 8. The summed E-state index contributed by atoms with van der Waals surface area (Å²) < 4.78 is 1.86.